The summed E-state index contributed by atoms with van der Waals surface area (Å²) in [6, 6.07) is 18.9. The Morgan fingerprint density at radius 1 is 0.947 bits per heavy atom. The topological polar surface area (TPSA) is 20.2 Å². The first-order chi connectivity index (χ1) is 9.28. The van der Waals surface area contributed by atoms with E-state index in [2.05, 4.69) is 42.5 Å². The molecular formula is C18H20O. The summed E-state index contributed by atoms with van der Waals surface area (Å²) in [4.78, 5) is 0. The summed E-state index contributed by atoms with van der Waals surface area (Å²) < 4.78 is 0. The Morgan fingerprint density at radius 2 is 1.68 bits per heavy atom. The summed E-state index contributed by atoms with van der Waals surface area (Å²) in [5, 5.41) is 10.8. The van der Waals surface area contributed by atoms with Gasteiger partial charge >= 0.3 is 0 Å². The average molecular weight is 252 g/mol. The first-order valence-electron chi connectivity index (χ1n) is 7.13. The van der Waals surface area contributed by atoms with Crippen molar-refractivity contribution in [1.82, 2.24) is 0 Å². The van der Waals surface area contributed by atoms with E-state index in [0.717, 1.165) is 37.7 Å². The lowest BCUT2D eigenvalue weighted by molar-refractivity contribution is 0.0275. The number of aliphatic hydroxyl groups is 1. The molecule has 1 unspecified atom stereocenters. The third-order valence-electron chi connectivity index (χ3n) is 4.23. The van der Waals surface area contributed by atoms with Gasteiger partial charge in [-0.15, -0.1) is 0 Å². The second-order valence-corrected chi connectivity index (χ2v) is 5.53. The van der Waals surface area contributed by atoms with Gasteiger partial charge < -0.3 is 5.11 Å². The molecule has 3 rings (SSSR count). The van der Waals surface area contributed by atoms with Crippen molar-refractivity contribution >= 4 is 0 Å². The monoisotopic (exact) mass is 252 g/mol. The molecule has 0 spiro atoms. The highest BCUT2D eigenvalue weighted by Gasteiger charge is 2.35. The van der Waals surface area contributed by atoms with Crippen LogP contribution in [-0.4, -0.2) is 5.11 Å². The lowest BCUT2D eigenvalue weighted by atomic mass is 9.89. The van der Waals surface area contributed by atoms with Gasteiger partial charge in [0.1, 0.15) is 0 Å². The van der Waals surface area contributed by atoms with Gasteiger partial charge in [-0.25, -0.2) is 0 Å². The zero-order valence-corrected chi connectivity index (χ0v) is 11.2. The first kappa shape index (κ1) is 12.4. The molecule has 0 saturated carbocycles. The molecular weight excluding hydrogens is 232 g/mol. The van der Waals surface area contributed by atoms with Crippen LogP contribution in [0.2, 0.25) is 0 Å². The molecule has 1 aliphatic rings. The van der Waals surface area contributed by atoms with Crippen molar-refractivity contribution in [2.24, 2.45) is 0 Å². The van der Waals surface area contributed by atoms with Gasteiger partial charge in [0.25, 0.3) is 0 Å². The van der Waals surface area contributed by atoms with E-state index in [1.54, 1.807) is 0 Å². The van der Waals surface area contributed by atoms with Crippen molar-refractivity contribution in [2.75, 3.05) is 0 Å². The van der Waals surface area contributed by atoms with Crippen molar-refractivity contribution in [2.45, 2.75) is 37.7 Å². The number of rotatable bonds is 4. The molecule has 1 atom stereocenters. The molecule has 1 heteroatoms. The molecule has 1 aliphatic carbocycles. The third kappa shape index (κ3) is 2.57. The van der Waals surface area contributed by atoms with E-state index in [9.17, 15) is 5.11 Å². The molecule has 0 heterocycles. The third-order valence-corrected chi connectivity index (χ3v) is 4.23. The van der Waals surface area contributed by atoms with Gasteiger partial charge in [0.2, 0.25) is 0 Å². The van der Waals surface area contributed by atoms with Gasteiger partial charge in [-0.1, -0.05) is 54.6 Å². The smallest absolute Gasteiger partial charge is 0.0902 e. The van der Waals surface area contributed by atoms with Gasteiger partial charge in [-0.05, 0) is 48.8 Å². The molecule has 98 valence electrons. The van der Waals surface area contributed by atoms with Crippen LogP contribution in [0.25, 0.3) is 0 Å². The number of hydrogen-bond acceptors (Lipinski definition) is 1. The molecule has 0 saturated heterocycles. The molecule has 19 heavy (non-hydrogen) atoms. The molecule has 2 aromatic carbocycles. The van der Waals surface area contributed by atoms with E-state index in [1.165, 1.54) is 11.1 Å². The minimum Gasteiger partial charge on any atom is -0.385 e. The Labute approximate surface area is 114 Å². The second-order valence-electron chi connectivity index (χ2n) is 5.53. The quantitative estimate of drug-likeness (QED) is 0.876. The van der Waals surface area contributed by atoms with Crippen molar-refractivity contribution in [3.05, 3.63) is 71.3 Å². The van der Waals surface area contributed by atoms with Crippen molar-refractivity contribution in [3.8, 4) is 0 Å². The summed E-state index contributed by atoms with van der Waals surface area (Å²) >= 11 is 0. The molecule has 0 aliphatic heterocycles. The Hall–Kier alpha value is -1.60. The number of fused-ring (bicyclic) bond motifs is 1. The van der Waals surface area contributed by atoms with Crippen LogP contribution < -0.4 is 0 Å². The summed E-state index contributed by atoms with van der Waals surface area (Å²) in [6.45, 7) is 0. The van der Waals surface area contributed by atoms with Crippen LogP contribution in [0.5, 0.6) is 0 Å². The van der Waals surface area contributed by atoms with Crippen LogP contribution in [0.4, 0.5) is 0 Å². The Bertz CT molecular complexity index is 547. The van der Waals surface area contributed by atoms with E-state index in [-0.39, 0.29) is 0 Å². The van der Waals surface area contributed by atoms with Crippen LogP contribution >= 0.6 is 0 Å². The van der Waals surface area contributed by atoms with Crippen LogP contribution in [-0.2, 0) is 18.4 Å². The van der Waals surface area contributed by atoms with Crippen LogP contribution in [0, 0.1) is 0 Å². The van der Waals surface area contributed by atoms with Crippen molar-refractivity contribution in [1.29, 1.82) is 0 Å². The summed E-state index contributed by atoms with van der Waals surface area (Å²) in [6.07, 6.45) is 4.83. The molecule has 0 radical (unpaired) electrons. The molecule has 0 aromatic heterocycles. The molecule has 1 nitrogen and oxygen atoms in total. The van der Waals surface area contributed by atoms with Gasteiger partial charge in [0, 0.05) is 0 Å². The number of benzene rings is 2. The highest BCUT2D eigenvalue weighted by molar-refractivity contribution is 5.37. The Kier molecular flexibility index (Phi) is 3.39. The minimum atomic E-state index is -0.592. The van der Waals surface area contributed by atoms with Crippen LogP contribution in [0.3, 0.4) is 0 Å². The Balaban J connectivity index is 1.65. The predicted molar refractivity (Wildman–Crippen MR) is 78.0 cm³/mol. The highest BCUT2D eigenvalue weighted by Crippen LogP contribution is 2.40. The zero-order valence-electron chi connectivity index (χ0n) is 11.2. The average Bonchev–Trinajstić information content (AvgIpc) is 2.79. The predicted octanol–water partition coefficient (Wildman–Crippen LogP) is 3.84. The van der Waals surface area contributed by atoms with E-state index in [4.69, 9.17) is 0 Å². The van der Waals surface area contributed by atoms with Gasteiger partial charge in [-0.2, -0.15) is 0 Å². The van der Waals surface area contributed by atoms with E-state index >= 15 is 0 Å². The van der Waals surface area contributed by atoms with Gasteiger partial charge in [0.05, 0.1) is 5.60 Å². The fourth-order valence-electron chi connectivity index (χ4n) is 3.16. The van der Waals surface area contributed by atoms with Gasteiger partial charge in [0.15, 0.2) is 0 Å². The summed E-state index contributed by atoms with van der Waals surface area (Å²) in [5.41, 5.74) is 3.25. The maximum absolute atomic E-state index is 10.8. The largest absolute Gasteiger partial charge is 0.385 e. The molecule has 1 N–H and O–H groups in total. The van der Waals surface area contributed by atoms with Crippen LogP contribution in [0.15, 0.2) is 54.6 Å². The molecule has 2 aromatic rings. The van der Waals surface area contributed by atoms with E-state index in [1.807, 2.05) is 12.1 Å². The Morgan fingerprint density at radius 3 is 2.53 bits per heavy atom. The lowest BCUT2D eigenvalue weighted by Crippen LogP contribution is -2.22. The molecule has 0 bridgehead atoms. The van der Waals surface area contributed by atoms with Crippen molar-refractivity contribution < 1.29 is 5.11 Å². The molecule has 0 fully saturated rings. The molecule has 0 amide bonds. The minimum absolute atomic E-state index is 0.592. The fourth-order valence-corrected chi connectivity index (χ4v) is 3.16. The second kappa shape index (κ2) is 5.18. The zero-order chi connectivity index (χ0) is 13.1. The standard InChI is InChI=1S/C18H20O/c19-18(13-6-9-15-7-2-1-3-8-15)14-12-16-10-4-5-11-17(16)18/h1-5,7-8,10-11,19H,6,9,12-14H2. The van der Waals surface area contributed by atoms with Crippen LogP contribution in [0.1, 0.15) is 36.0 Å². The maximum atomic E-state index is 10.8. The fraction of sp³-hybridized carbons (Fsp3) is 0.333. The first-order valence-corrected chi connectivity index (χ1v) is 7.13. The van der Waals surface area contributed by atoms with Gasteiger partial charge in [-0.3, -0.25) is 0 Å². The normalized spacial score (nSPS) is 21.3. The number of hydrogen-bond donors (Lipinski definition) is 1. The SMILES string of the molecule is OC1(CCCc2ccccc2)CCc2ccccc21. The number of aryl methyl sites for hydroxylation is 2. The van der Waals surface area contributed by atoms with Crippen molar-refractivity contribution in [3.63, 3.8) is 0 Å². The highest BCUT2D eigenvalue weighted by atomic mass is 16.3. The van der Waals surface area contributed by atoms with E-state index in [0.29, 0.717) is 0 Å². The summed E-state index contributed by atoms with van der Waals surface area (Å²) in [5.74, 6) is 0. The summed E-state index contributed by atoms with van der Waals surface area (Å²) in [7, 11) is 0. The lowest BCUT2D eigenvalue weighted by Gasteiger charge is -2.24. The van der Waals surface area contributed by atoms with E-state index < -0.39 is 5.60 Å². The maximum Gasteiger partial charge on any atom is 0.0902 e.